The molecule has 2 rings (SSSR count). The van der Waals surface area contributed by atoms with Crippen LogP contribution in [0.4, 0.5) is 0 Å². The number of halogens is 1. The molecule has 6 heteroatoms. The molecule has 0 radical (unpaired) electrons. The van der Waals surface area contributed by atoms with Gasteiger partial charge in [0.05, 0.1) is 13.7 Å². The van der Waals surface area contributed by atoms with Crippen molar-refractivity contribution in [2.45, 2.75) is 19.9 Å². The summed E-state index contributed by atoms with van der Waals surface area (Å²) in [6.45, 7) is 5.61. The van der Waals surface area contributed by atoms with Crippen LogP contribution in [0.2, 0.25) is 0 Å². The van der Waals surface area contributed by atoms with Crippen LogP contribution in [0.3, 0.4) is 0 Å². The largest absolute Gasteiger partial charge is 0.496 e. The Kier molecular flexibility index (Phi) is 7.13. The summed E-state index contributed by atoms with van der Waals surface area (Å²) in [6.07, 6.45) is 1.06. The van der Waals surface area contributed by atoms with Crippen LogP contribution in [-0.2, 0) is 11.3 Å². The Hall–Kier alpha value is -1.30. The van der Waals surface area contributed by atoms with E-state index in [2.05, 4.69) is 17.1 Å². The van der Waals surface area contributed by atoms with E-state index < -0.39 is 0 Å². The van der Waals surface area contributed by atoms with Gasteiger partial charge >= 0.3 is 0 Å². The molecule has 0 saturated carbocycles. The highest BCUT2D eigenvalue weighted by molar-refractivity contribution is 5.85. The third-order valence-electron chi connectivity index (χ3n) is 4.17. The second kappa shape index (κ2) is 8.36. The molecule has 1 amide bonds. The molecule has 0 aromatic heterocycles. The van der Waals surface area contributed by atoms with Crippen LogP contribution in [0, 0.1) is 5.41 Å². The number of hydrogen-bond donors (Lipinski definition) is 2. The predicted octanol–water partition coefficient (Wildman–Crippen LogP) is 1.40. The third kappa shape index (κ3) is 4.87. The van der Waals surface area contributed by atoms with Gasteiger partial charge in [0.1, 0.15) is 5.75 Å². The zero-order chi connectivity index (χ0) is 15.3. The number of carbonyl (C=O) groups is 1. The molecular formula is C16H26ClN3O2. The van der Waals surface area contributed by atoms with Gasteiger partial charge in [0.15, 0.2) is 0 Å². The van der Waals surface area contributed by atoms with E-state index in [-0.39, 0.29) is 23.7 Å². The molecule has 0 bridgehead atoms. The minimum Gasteiger partial charge on any atom is -0.496 e. The summed E-state index contributed by atoms with van der Waals surface area (Å²) in [4.78, 5) is 14.2. The minimum atomic E-state index is 0. The zero-order valence-electron chi connectivity index (χ0n) is 13.3. The summed E-state index contributed by atoms with van der Waals surface area (Å²) in [6, 6.07) is 7.72. The number of nitrogens with two attached hydrogens (primary N) is 1. The first-order chi connectivity index (χ1) is 10.1. The van der Waals surface area contributed by atoms with Gasteiger partial charge in [0, 0.05) is 18.7 Å². The van der Waals surface area contributed by atoms with Gasteiger partial charge in [-0.05, 0) is 31.0 Å². The minimum absolute atomic E-state index is 0. The highest BCUT2D eigenvalue weighted by Gasteiger charge is 2.32. The van der Waals surface area contributed by atoms with Gasteiger partial charge in [-0.15, -0.1) is 12.4 Å². The topological polar surface area (TPSA) is 67.6 Å². The smallest absolute Gasteiger partial charge is 0.234 e. The highest BCUT2D eigenvalue weighted by atomic mass is 35.5. The molecule has 1 aromatic carbocycles. The van der Waals surface area contributed by atoms with Gasteiger partial charge in [-0.25, -0.2) is 0 Å². The molecule has 3 N–H and O–H groups in total. The van der Waals surface area contributed by atoms with E-state index in [1.54, 1.807) is 7.11 Å². The number of likely N-dealkylation sites (tertiary alicyclic amines) is 1. The van der Waals surface area contributed by atoms with Gasteiger partial charge in [-0.2, -0.15) is 0 Å². The molecule has 1 atom stereocenters. The Labute approximate surface area is 138 Å². The van der Waals surface area contributed by atoms with Crippen LogP contribution >= 0.6 is 12.4 Å². The van der Waals surface area contributed by atoms with Crippen LogP contribution in [0.5, 0.6) is 5.75 Å². The van der Waals surface area contributed by atoms with Gasteiger partial charge in [-0.3, -0.25) is 9.69 Å². The summed E-state index contributed by atoms with van der Waals surface area (Å²) < 4.78 is 5.28. The number of hydrogen-bond acceptors (Lipinski definition) is 4. The van der Waals surface area contributed by atoms with E-state index >= 15 is 0 Å². The van der Waals surface area contributed by atoms with Crippen molar-refractivity contribution >= 4 is 18.3 Å². The second-order valence-corrected chi connectivity index (χ2v) is 6.06. The molecule has 1 aromatic rings. The number of carbonyl (C=O) groups excluding carboxylic acids is 1. The lowest BCUT2D eigenvalue weighted by Gasteiger charge is -2.22. The van der Waals surface area contributed by atoms with Gasteiger partial charge < -0.3 is 15.8 Å². The van der Waals surface area contributed by atoms with Crippen LogP contribution in [0.1, 0.15) is 18.9 Å². The van der Waals surface area contributed by atoms with E-state index in [9.17, 15) is 4.79 Å². The van der Waals surface area contributed by atoms with Crippen molar-refractivity contribution in [3.63, 3.8) is 0 Å². The number of ether oxygens (including phenoxy) is 1. The molecule has 0 aliphatic carbocycles. The first kappa shape index (κ1) is 18.7. The van der Waals surface area contributed by atoms with Crippen molar-refractivity contribution in [3.05, 3.63) is 29.8 Å². The van der Waals surface area contributed by atoms with Crippen LogP contribution in [0.15, 0.2) is 24.3 Å². The third-order valence-corrected chi connectivity index (χ3v) is 4.17. The summed E-state index contributed by atoms with van der Waals surface area (Å²) >= 11 is 0. The van der Waals surface area contributed by atoms with Crippen molar-refractivity contribution in [2.75, 3.05) is 33.3 Å². The molecule has 1 aliphatic heterocycles. The molecule has 1 aliphatic rings. The second-order valence-electron chi connectivity index (χ2n) is 6.06. The number of para-hydroxylation sites is 1. The van der Waals surface area contributed by atoms with E-state index in [1.165, 1.54) is 0 Å². The molecule has 1 fully saturated rings. The van der Waals surface area contributed by atoms with E-state index in [1.807, 2.05) is 24.3 Å². The summed E-state index contributed by atoms with van der Waals surface area (Å²) in [5.74, 6) is 0.844. The van der Waals surface area contributed by atoms with Crippen LogP contribution in [0.25, 0.3) is 0 Å². The maximum absolute atomic E-state index is 12.0. The maximum Gasteiger partial charge on any atom is 0.234 e. The van der Waals surface area contributed by atoms with Gasteiger partial charge in [-0.1, -0.05) is 25.1 Å². The van der Waals surface area contributed by atoms with Gasteiger partial charge in [0.25, 0.3) is 0 Å². The SMILES string of the molecule is COc1ccccc1CNC(=O)CN1CCC(C)(CN)C1.Cl. The summed E-state index contributed by atoms with van der Waals surface area (Å²) in [5, 5.41) is 2.95. The molecule has 1 unspecified atom stereocenters. The average Bonchev–Trinajstić information content (AvgIpc) is 2.87. The fourth-order valence-corrected chi connectivity index (χ4v) is 2.73. The van der Waals surface area contributed by atoms with E-state index in [4.69, 9.17) is 10.5 Å². The van der Waals surface area contributed by atoms with Crippen molar-refractivity contribution in [1.29, 1.82) is 0 Å². The standard InChI is InChI=1S/C16H25N3O2.ClH/c1-16(11-17)7-8-19(12-16)10-15(20)18-9-13-5-3-4-6-14(13)21-2;/h3-6H,7-12,17H2,1-2H3,(H,18,20);1H. The zero-order valence-corrected chi connectivity index (χ0v) is 14.1. The highest BCUT2D eigenvalue weighted by Crippen LogP contribution is 2.28. The Morgan fingerprint density at radius 3 is 2.82 bits per heavy atom. The van der Waals surface area contributed by atoms with Crippen LogP contribution < -0.4 is 15.8 Å². The quantitative estimate of drug-likeness (QED) is 0.829. The lowest BCUT2D eigenvalue weighted by molar-refractivity contribution is -0.122. The fourth-order valence-electron chi connectivity index (χ4n) is 2.73. The van der Waals surface area contributed by atoms with Crippen molar-refractivity contribution in [1.82, 2.24) is 10.2 Å². The number of nitrogens with one attached hydrogen (secondary N) is 1. The van der Waals surface area contributed by atoms with Crippen molar-refractivity contribution < 1.29 is 9.53 Å². The summed E-state index contributed by atoms with van der Waals surface area (Å²) in [7, 11) is 1.64. The number of amides is 1. The predicted molar refractivity (Wildman–Crippen MR) is 90.3 cm³/mol. The number of nitrogens with zero attached hydrogens (tertiary/aromatic N) is 1. The molecule has 5 nitrogen and oxygen atoms in total. The van der Waals surface area contributed by atoms with Crippen molar-refractivity contribution in [3.8, 4) is 5.75 Å². The Balaban J connectivity index is 0.00000242. The fraction of sp³-hybridized carbons (Fsp3) is 0.562. The number of benzene rings is 1. The van der Waals surface area contributed by atoms with Crippen molar-refractivity contribution in [2.24, 2.45) is 11.1 Å². The molecule has 124 valence electrons. The number of rotatable bonds is 6. The molecule has 1 saturated heterocycles. The summed E-state index contributed by atoms with van der Waals surface area (Å²) in [5.41, 5.74) is 6.93. The molecule has 0 spiro atoms. The molecular weight excluding hydrogens is 302 g/mol. The van der Waals surface area contributed by atoms with Crippen LogP contribution in [-0.4, -0.2) is 44.1 Å². The van der Waals surface area contributed by atoms with E-state index in [0.717, 1.165) is 30.8 Å². The normalized spacial score (nSPS) is 21.2. The Morgan fingerprint density at radius 2 is 2.18 bits per heavy atom. The Bertz CT molecular complexity index is 498. The average molecular weight is 328 g/mol. The first-order valence-electron chi connectivity index (χ1n) is 7.37. The van der Waals surface area contributed by atoms with E-state index in [0.29, 0.717) is 19.6 Å². The molecule has 22 heavy (non-hydrogen) atoms. The first-order valence-corrected chi connectivity index (χ1v) is 7.37. The lowest BCUT2D eigenvalue weighted by Crippen LogP contribution is -2.38. The lowest BCUT2D eigenvalue weighted by atomic mass is 9.90. The monoisotopic (exact) mass is 327 g/mol. The molecule has 1 heterocycles. The van der Waals surface area contributed by atoms with Gasteiger partial charge in [0.2, 0.25) is 5.91 Å². The number of methoxy groups -OCH3 is 1. The maximum atomic E-state index is 12.0. The Morgan fingerprint density at radius 1 is 1.45 bits per heavy atom.